The molecule has 3 aromatic carbocycles. The molecule has 0 aliphatic rings. The third kappa shape index (κ3) is 4.54. The first kappa shape index (κ1) is 19.5. The molecule has 0 aromatic heterocycles. The average molecular weight is 416 g/mol. The van der Waals surface area contributed by atoms with Crippen LogP contribution in [0.5, 0.6) is 0 Å². The summed E-state index contributed by atoms with van der Waals surface area (Å²) in [6.07, 6.45) is 0. The molecule has 0 spiro atoms. The van der Waals surface area contributed by atoms with E-state index in [1.54, 1.807) is 36.4 Å². The Morgan fingerprint density at radius 2 is 1.54 bits per heavy atom. The fraction of sp³-hybridized carbons (Fsp3) is 0. The van der Waals surface area contributed by atoms with E-state index >= 15 is 0 Å². The van der Waals surface area contributed by atoms with Crippen LogP contribution in [0, 0.1) is 10.1 Å². The van der Waals surface area contributed by atoms with E-state index in [-0.39, 0.29) is 22.1 Å². The van der Waals surface area contributed by atoms with Gasteiger partial charge in [0.25, 0.3) is 15.7 Å². The normalized spacial score (nSPS) is 11.8. The van der Waals surface area contributed by atoms with Gasteiger partial charge < -0.3 is 5.32 Å². The number of benzene rings is 3. The van der Waals surface area contributed by atoms with Gasteiger partial charge in [0.1, 0.15) is 5.69 Å². The molecule has 0 bridgehead atoms. The van der Waals surface area contributed by atoms with Crippen LogP contribution < -0.4 is 5.32 Å². The smallest absolute Gasteiger partial charge is 0.292 e. The van der Waals surface area contributed by atoms with Crippen molar-refractivity contribution < 1.29 is 13.3 Å². The Bertz CT molecular complexity index is 1130. The number of nitro benzene ring substituents is 1. The van der Waals surface area contributed by atoms with Gasteiger partial charge in [-0.3, -0.25) is 10.1 Å². The van der Waals surface area contributed by atoms with Crippen LogP contribution in [-0.2, 0) is 10.0 Å². The number of nitro groups is 1. The predicted octanol–water partition coefficient (Wildman–Crippen LogP) is 4.50. The van der Waals surface area contributed by atoms with Crippen LogP contribution in [0.15, 0.2) is 88.2 Å². The molecule has 28 heavy (non-hydrogen) atoms. The molecule has 3 rings (SSSR count). The lowest BCUT2D eigenvalue weighted by Crippen LogP contribution is -2.17. The molecule has 3 aromatic rings. The van der Waals surface area contributed by atoms with Crippen molar-refractivity contribution in [3.8, 4) is 0 Å². The van der Waals surface area contributed by atoms with Crippen molar-refractivity contribution >= 4 is 38.8 Å². The highest BCUT2D eigenvalue weighted by Gasteiger charge is 2.19. The molecule has 0 fully saturated rings. The Morgan fingerprint density at radius 3 is 2.18 bits per heavy atom. The Balaban J connectivity index is 2.10. The molecule has 7 nitrogen and oxygen atoms in total. The van der Waals surface area contributed by atoms with Crippen molar-refractivity contribution in [2.24, 2.45) is 4.40 Å². The maximum absolute atomic E-state index is 12.7. The monoisotopic (exact) mass is 415 g/mol. The van der Waals surface area contributed by atoms with Crippen LogP contribution in [0.2, 0.25) is 5.02 Å². The number of amidine groups is 1. The maximum atomic E-state index is 12.7. The molecule has 142 valence electrons. The van der Waals surface area contributed by atoms with Gasteiger partial charge >= 0.3 is 0 Å². The summed E-state index contributed by atoms with van der Waals surface area (Å²) < 4.78 is 29.3. The van der Waals surface area contributed by atoms with Gasteiger partial charge in [-0.15, -0.1) is 4.40 Å². The zero-order valence-electron chi connectivity index (χ0n) is 14.3. The summed E-state index contributed by atoms with van der Waals surface area (Å²) >= 11 is 5.81. The second kappa shape index (κ2) is 8.20. The van der Waals surface area contributed by atoms with Crippen molar-refractivity contribution in [1.82, 2.24) is 0 Å². The van der Waals surface area contributed by atoms with Gasteiger partial charge in [0.05, 0.1) is 9.82 Å². The number of nitrogens with zero attached hydrogens (tertiary/aromatic N) is 2. The summed E-state index contributed by atoms with van der Waals surface area (Å²) in [7, 11) is -4.08. The molecule has 0 saturated heterocycles. The molecule has 0 aliphatic heterocycles. The van der Waals surface area contributed by atoms with E-state index in [9.17, 15) is 18.5 Å². The lowest BCUT2D eigenvalue weighted by molar-refractivity contribution is -0.383. The summed E-state index contributed by atoms with van der Waals surface area (Å²) in [6.45, 7) is 0. The van der Waals surface area contributed by atoms with Crippen molar-refractivity contribution in [2.45, 2.75) is 4.90 Å². The minimum Gasteiger partial charge on any atom is -0.333 e. The fourth-order valence-electron chi connectivity index (χ4n) is 2.39. The van der Waals surface area contributed by atoms with E-state index in [0.717, 1.165) is 0 Å². The first-order valence-electron chi connectivity index (χ1n) is 8.03. The number of hydrogen-bond donors (Lipinski definition) is 1. The molecule has 0 amide bonds. The highest BCUT2D eigenvalue weighted by Crippen LogP contribution is 2.25. The SMILES string of the molecule is O=[N+]([O-])c1ccccc1N/C(=N/S(=O)(=O)c1ccc(Cl)cc1)c1ccccc1. The molecule has 0 radical (unpaired) electrons. The summed E-state index contributed by atoms with van der Waals surface area (Å²) in [4.78, 5) is 10.7. The fourth-order valence-corrected chi connectivity index (χ4v) is 3.49. The third-order valence-corrected chi connectivity index (χ3v) is 5.27. The molecule has 0 saturated carbocycles. The second-order valence-electron chi connectivity index (χ2n) is 5.63. The topological polar surface area (TPSA) is 102 Å². The number of sulfonamides is 1. The van der Waals surface area contributed by atoms with Crippen LogP contribution in [0.25, 0.3) is 0 Å². The number of hydrogen-bond acceptors (Lipinski definition) is 4. The summed E-state index contributed by atoms with van der Waals surface area (Å²) in [5.74, 6) is -0.0372. The quantitative estimate of drug-likeness (QED) is 0.286. The zero-order valence-corrected chi connectivity index (χ0v) is 15.9. The van der Waals surface area contributed by atoms with Gasteiger partial charge in [-0.1, -0.05) is 54.1 Å². The van der Waals surface area contributed by atoms with E-state index in [4.69, 9.17) is 11.6 Å². The Labute approximate surface area is 166 Å². The van der Waals surface area contributed by atoms with E-state index in [0.29, 0.717) is 10.6 Å². The lowest BCUT2D eigenvalue weighted by Gasteiger charge is -2.11. The second-order valence-corrected chi connectivity index (χ2v) is 7.67. The molecular formula is C19H14ClN3O4S. The van der Waals surface area contributed by atoms with Crippen LogP contribution in [-0.4, -0.2) is 19.2 Å². The molecule has 1 N–H and O–H groups in total. The summed E-state index contributed by atoms with van der Waals surface area (Å²) in [5.41, 5.74) is 0.384. The van der Waals surface area contributed by atoms with Crippen LogP contribution in [0.4, 0.5) is 11.4 Å². The van der Waals surface area contributed by atoms with Crippen LogP contribution in [0.1, 0.15) is 5.56 Å². The van der Waals surface area contributed by atoms with Gasteiger partial charge in [0.2, 0.25) is 0 Å². The van der Waals surface area contributed by atoms with E-state index in [1.807, 2.05) is 0 Å². The summed E-state index contributed by atoms with van der Waals surface area (Å²) in [6, 6.07) is 20.0. The van der Waals surface area contributed by atoms with Gasteiger partial charge in [0, 0.05) is 16.7 Å². The molecular weight excluding hydrogens is 402 g/mol. The maximum Gasteiger partial charge on any atom is 0.292 e. The van der Waals surface area contributed by atoms with Crippen LogP contribution >= 0.6 is 11.6 Å². The lowest BCUT2D eigenvalue weighted by atomic mass is 10.2. The number of nitrogens with one attached hydrogen (secondary N) is 1. The number of halogens is 1. The van der Waals surface area contributed by atoms with Gasteiger partial charge in [-0.05, 0) is 30.3 Å². The van der Waals surface area contributed by atoms with Crippen LogP contribution in [0.3, 0.4) is 0 Å². The Morgan fingerprint density at radius 1 is 0.929 bits per heavy atom. The minimum absolute atomic E-state index is 0.0372. The van der Waals surface area contributed by atoms with Crippen molar-refractivity contribution in [3.05, 3.63) is 99.6 Å². The number of anilines is 1. The number of rotatable bonds is 5. The first-order chi connectivity index (χ1) is 13.4. The highest BCUT2D eigenvalue weighted by molar-refractivity contribution is 7.90. The standard InChI is InChI=1S/C19H14ClN3O4S/c20-15-10-12-16(13-11-15)28(26,27)22-19(14-6-2-1-3-7-14)21-17-8-4-5-9-18(17)23(24)25/h1-13H,(H,21,22). The van der Waals surface area contributed by atoms with Crippen molar-refractivity contribution in [2.75, 3.05) is 5.32 Å². The zero-order chi connectivity index (χ0) is 20.1. The first-order valence-corrected chi connectivity index (χ1v) is 9.85. The average Bonchev–Trinajstić information content (AvgIpc) is 2.68. The Kier molecular flexibility index (Phi) is 5.72. The van der Waals surface area contributed by atoms with Gasteiger partial charge in [0.15, 0.2) is 5.84 Å². The predicted molar refractivity (Wildman–Crippen MR) is 108 cm³/mol. The van der Waals surface area contributed by atoms with Crippen molar-refractivity contribution in [3.63, 3.8) is 0 Å². The van der Waals surface area contributed by atoms with E-state index in [2.05, 4.69) is 9.71 Å². The van der Waals surface area contributed by atoms with Gasteiger partial charge in [-0.25, -0.2) is 0 Å². The van der Waals surface area contributed by atoms with E-state index < -0.39 is 14.9 Å². The van der Waals surface area contributed by atoms with Gasteiger partial charge in [-0.2, -0.15) is 8.42 Å². The third-order valence-electron chi connectivity index (χ3n) is 3.72. The van der Waals surface area contributed by atoms with Crippen molar-refractivity contribution in [1.29, 1.82) is 0 Å². The van der Waals surface area contributed by atoms with E-state index in [1.165, 1.54) is 42.5 Å². The highest BCUT2D eigenvalue weighted by atomic mass is 35.5. The molecule has 9 heteroatoms. The molecule has 0 unspecified atom stereocenters. The molecule has 0 heterocycles. The minimum atomic E-state index is -4.08. The molecule has 0 atom stereocenters. The summed E-state index contributed by atoms with van der Waals surface area (Å²) in [5, 5.41) is 14.5. The largest absolute Gasteiger partial charge is 0.333 e. The number of para-hydroxylation sites is 2. The molecule has 0 aliphatic carbocycles. The Hall–Kier alpha value is -3.23.